The second-order valence-corrected chi connectivity index (χ2v) is 6.29. The fourth-order valence-electron chi connectivity index (χ4n) is 3.47. The van der Waals surface area contributed by atoms with E-state index in [2.05, 4.69) is 10.6 Å². The van der Waals surface area contributed by atoms with Crippen LogP contribution in [0.5, 0.6) is 11.5 Å². The zero-order valence-corrected chi connectivity index (χ0v) is 14.7. The van der Waals surface area contributed by atoms with Crippen molar-refractivity contribution >= 4 is 32.9 Å². The lowest BCUT2D eigenvalue weighted by atomic mass is 9.92. The molecular weight excluding hydrogens is 324 g/mol. The van der Waals surface area contributed by atoms with Crippen LogP contribution in [0.2, 0.25) is 0 Å². The van der Waals surface area contributed by atoms with Gasteiger partial charge in [-0.05, 0) is 57.9 Å². The van der Waals surface area contributed by atoms with Crippen LogP contribution in [0.3, 0.4) is 0 Å². The van der Waals surface area contributed by atoms with Crippen LogP contribution in [-0.4, -0.2) is 24.3 Å². The maximum Gasteiger partial charge on any atom is 0.124 e. The molecule has 0 aliphatic rings. The molecule has 0 aliphatic carbocycles. The van der Waals surface area contributed by atoms with Crippen LogP contribution in [0.4, 0.5) is 11.4 Å². The van der Waals surface area contributed by atoms with Crippen LogP contribution in [0.15, 0.2) is 60.7 Å². The molecule has 0 radical (unpaired) electrons. The Kier molecular flexibility index (Phi) is 3.81. The Bertz CT molecular complexity index is 1040. The first-order chi connectivity index (χ1) is 12.6. The van der Waals surface area contributed by atoms with Gasteiger partial charge in [-0.3, -0.25) is 0 Å². The molecule has 130 valence electrons. The van der Waals surface area contributed by atoms with E-state index in [-0.39, 0.29) is 11.5 Å². The van der Waals surface area contributed by atoms with E-state index >= 15 is 0 Å². The third kappa shape index (κ3) is 2.47. The molecule has 0 atom stereocenters. The van der Waals surface area contributed by atoms with Crippen molar-refractivity contribution in [1.82, 2.24) is 0 Å². The summed E-state index contributed by atoms with van der Waals surface area (Å²) in [6, 6.07) is 19.0. The number of benzene rings is 4. The van der Waals surface area contributed by atoms with Crippen LogP contribution in [0, 0.1) is 0 Å². The van der Waals surface area contributed by atoms with E-state index in [9.17, 15) is 10.2 Å². The largest absolute Gasteiger partial charge is 0.507 e. The maximum atomic E-state index is 10.6. The molecule has 0 aromatic heterocycles. The summed E-state index contributed by atoms with van der Waals surface area (Å²) in [6.07, 6.45) is 0. The minimum absolute atomic E-state index is 0.148. The van der Waals surface area contributed by atoms with Crippen molar-refractivity contribution in [3.8, 4) is 22.6 Å². The maximum absolute atomic E-state index is 10.6. The number of rotatable bonds is 3. The Labute approximate surface area is 151 Å². The molecule has 0 saturated heterocycles. The molecule has 26 heavy (non-hydrogen) atoms. The van der Waals surface area contributed by atoms with E-state index in [0.29, 0.717) is 11.1 Å². The van der Waals surface area contributed by atoms with E-state index in [4.69, 9.17) is 0 Å². The highest BCUT2D eigenvalue weighted by molar-refractivity contribution is 6.10. The SMILES string of the molecule is CNc1ccc2c(-c3c(O)ccc4cc(NC)ccc34)c(O)ccc2c1. The summed E-state index contributed by atoms with van der Waals surface area (Å²) in [5, 5.41) is 31.3. The van der Waals surface area contributed by atoms with Crippen LogP contribution < -0.4 is 10.6 Å². The smallest absolute Gasteiger partial charge is 0.124 e. The molecule has 4 rings (SSSR count). The average molecular weight is 344 g/mol. The number of aromatic hydroxyl groups is 2. The second kappa shape index (κ2) is 6.15. The molecule has 0 aliphatic heterocycles. The summed E-state index contributed by atoms with van der Waals surface area (Å²) in [7, 11) is 3.75. The standard InChI is InChI=1S/C22H20N2O2/c1-23-15-5-7-17-13(11-15)3-9-19(25)21(17)22-18-8-6-16(24-2)12-14(18)4-10-20(22)26/h3-12,23-26H,1-2H3. The number of hydrogen-bond donors (Lipinski definition) is 4. The highest BCUT2D eigenvalue weighted by Gasteiger charge is 2.17. The van der Waals surface area contributed by atoms with Gasteiger partial charge in [0.25, 0.3) is 0 Å². The fourth-order valence-corrected chi connectivity index (χ4v) is 3.47. The molecule has 0 unspecified atom stereocenters. The van der Waals surface area contributed by atoms with E-state index in [1.54, 1.807) is 12.1 Å². The predicted octanol–water partition coefficient (Wildman–Crippen LogP) is 5.15. The summed E-state index contributed by atoms with van der Waals surface area (Å²) in [5.41, 5.74) is 3.28. The first-order valence-corrected chi connectivity index (χ1v) is 8.49. The van der Waals surface area contributed by atoms with Gasteiger partial charge in [0.2, 0.25) is 0 Å². The number of phenols is 2. The molecule has 4 heteroatoms. The second-order valence-electron chi connectivity index (χ2n) is 6.29. The zero-order chi connectivity index (χ0) is 18.3. The van der Waals surface area contributed by atoms with Crippen molar-refractivity contribution in [2.24, 2.45) is 0 Å². The van der Waals surface area contributed by atoms with Gasteiger partial charge < -0.3 is 20.8 Å². The Morgan fingerprint density at radius 1 is 0.577 bits per heavy atom. The monoisotopic (exact) mass is 344 g/mol. The number of hydrogen-bond acceptors (Lipinski definition) is 4. The van der Waals surface area contributed by atoms with Crippen LogP contribution in [0.1, 0.15) is 0 Å². The van der Waals surface area contributed by atoms with Gasteiger partial charge in [-0.15, -0.1) is 0 Å². The molecule has 0 spiro atoms. The summed E-state index contributed by atoms with van der Waals surface area (Å²) in [5.74, 6) is 0.297. The molecule has 4 nitrogen and oxygen atoms in total. The Hall–Kier alpha value is -3.40. The van der Waals surface area contributed by atoms with Gasteiger partial charge in [0.05, 0.1) is 0 Å². The van der Waals surface area contributed by atoms with E-state index in [1.165, 1.54) is 0 Å². The molecule has 4 aromatic carbocycles. The highest BCUT2D eigenvalue weighted by Crippen LogP contribution is 2.45. The van der Waals surface area contributed by atoms with E-state index in [1.807, 2.05) is 62.6 Å². The van der Waals surface area contributed by atoms with Gasteiger partial charge in [0.1, 0.15) is 11.5 Å². The third-order valence-electron chi connectivity index (χ3n) is 4.82. The minimum atomic E-state index is 0.148. The van der Waals surface area contributed by atoms with Crippen molar-refractivity contribution in [2.45, 2.75) is 0 Å². The van der Waals surface area contributed by atoms with Crippen molar-refractivity contribution in [1.29, 1.82) is 0 Å². The quantitative estimate of drug-likeness (QED) is 0.415. The van der Waals surface area contributed by atoms with Crippen LogP contribution >= 0.6 is 0 Å². The molecule has 0 saturated carbocycles. The Balaban J connectivity index is 2.09. The van der Waals surface area contributed by atoms with E-state index < -0.39 is 0 Å². The predicted molar refractivity (Wildman–Crippen MR) is 109 cm³/mol. The molecule has 4 N–H and O–H groups in total. The number of nitrogens with one attached hydrogen (secondary N) is 2. The van der Waals surface area contributed by atoms with Gasteiger partial charge >= 0.3 is 0 Å². The Morgan fingerprint density at radius 2 is 1.00 bits per heavy atom. The lowest BCUT2D eigenvalue weighted by Gasteiger charge is -2.15. The summed E-state index contributed by atoms with van der Waals surface area (Å²) in [4.78, 5) is 0. The van der Waals surface area contributed by atoms with Crippen LogP contribution in [0.25, 0.3) is 32.7 Å². The average Bonchev–Trinajstić information content (AvgIpc) is 2.68. The zero-order valence-electron chi connectivity index (χ0n) is 14.7. The fraction of sp³-hybridized carbons (Fsp3) is 0.0909. The molecule has 0 amide bonds. The molecule has 0 heterocycles. The van der Waals surface area contributed by atoms with Crippen molar-refractivity contribution < 1.29 is 10.2 Å². The van der Waals surface area contributed by atoms with E-state index in [0.717, 1.165) is 32.9 Å². The van der Waals surface area contributed by atoms with Gasteiger partial charge in [-0.1, -0.05) is 24.3 Å². The first-order valence-electron chi connectivity index (χ1n) is 8.49. The molecule has 0 bridgehead atoms. The number of anilines is 2. The van der Waals surface area contributed by atoms with Crippen molar-refractivity contribution in [3.05, 3.63) is 60.7 Å². The number of phenolic OH excluding ortho intramolecular Hbond substituents is 2. The van der Waals surface area contributed by atoms with Gasteiger partial charge in [-0.2, -0.15) is 0 Å². The summed E-state index contributed by atoms with van der Waals surface area (Å²) < 4.78 is 0. The minimum Gasteiger partial charge on any atom is -0.507 e. The molecule has 4 aromatic rings. The topological polar surface area (TPSA) is 64.5 Å². The van der Waals surface area contributed by atoms with Crippen molar-refractivity contribution in [2.75, 3.05) is 24.7 Å². The van der Waals surface area contributed by atoms with Crippen LogP contribution in [-0.2, 0) is 0 Å². The number of fused-ring (bicyclic) bond motifs is 2. The van der Waals surface area contributed by atoms with Crippen molar-refractivity contribution in [3.63, 3.8) is 0 Å². The van der Waals surface area contributed by atoms with Gasteiger partial charge in [-0.25, -0.2) is 0 Å². The lowest BCUT2D eigenvalue weighted by molar-refractivity contribution is 0.470. The first kappa shape index (κ1) is 16.1. The third-order valence-corrected chi connectivity index (χ3v) is 4.82. The molecule has 0 fully saturated rings. The summed E-state index contributed by atoms with van der Waals surface area (Å²) >= 11 is 0. The Morgan fingerprint density at radius 3 is 1.38 bits per heavy atom. The summed E-state index contributed by atoms with van der Waals surface area (Å²) in [6.45, 7) is 0. The normalized spacial score (nSPS) is 11.0. The van der Waals surface area contributed by atoms with Gasteiger partial charge in [0, 0.05) is 36.6 Å². The van der Waals surface area contributed by atoms with Gasteiger partial charge in [0.15, 0.2) is 0 Å². The lowest BCUT2D eigenvalue weighted by Crippen LogP contribution is -1.91. The molecular formula is C22H20N2O2. The highest BCUT2D eigenvalue weighted by atomic mass is 16.3.